The van der Waals surface area contributed by atoms with E-state index in [2.05, 4.69) is 113 Å². The van der Waals surface area contributed by atoms with Crippen LogP contribution in [-0.2, 0) is 11.8 Å². The molecule has 0 amide bonds. The summed E-state index contributed by atoms with van der Waals surface area (Å²) in [6.07, 6.45) is 7.78. The van der Waals surface area contributed by atoms with Gasteiger partial charge in [0.05, 0.1) is 0 Å². The van der Waals surface area contributed by atoms with Crippen LogP contribution >= 0.6 is 0 Å². The molecule has 1 fully saturated rings. The van der Waals surface area contributed by atoms with Crippen molar-refractivity contribution in [3.63, 3.8) is 0 Å². The van der Waals surface area contributed by atoms with Crippen molar-refractivity contribution < 1.29 is 0 Å². The van der Waals surface area contributed by atoms with Crippen LogP contribution in [0.3, 0.4) is 0 Å². The van der Waals surface area contributed by atoms with Crippen LogP contribution in [0.25, 0.3) is 11.1 Å². The predicted octanol–water partition coefficient (Wildman–Crippen LogP) is 9.43. The molecule has 0 nitrogen and oxygen atoms in total. The van der Waals surface area contributed by atoms with Crippen LogP contribution in [0.15, 0.2) is 84.9 Å². The van der Waals surface area contributed by atoms with Gasteiger partial charge in [-0.1, -0.05) is 115 Å². The van der Waals surface area contributed by atoms with Crippen molar-refractivity contribution in [2.45, 2.75) is 71.6 Å². The van der Waals surface area contributed by atoms with E-state index in [4.69, 9.17) is 0 Å². The van der Waals surface area contributed by atoms with E-state index < -0.39 is 0 Å². The number of rotatable bonds is 2. The van der Waals surface area contributed by atoms with Crippen LogP contribution in [0, 0.1) is 27.7 Å². The lowest BCUT2D eigenvalue weighted by molar-refractivity contribution is 0.344. The van der Waals surface area contributed by atoms with E-state index in [-0.39, 0.29) is 5.41 Å². The third-order valence-corrected chi connectivity index (χ3v) is 8.27. The molecular weight excluding hydrogens is 420 g/mol. The van der Waals surface area contributed by atoms with Gasteiger partial charge in [0.2, 0.25) is 0 Å². The summed E-state index contributed by atoms with van der Waals surface area (Å²) >= 11 is 0. The Labute approximate surface area is 212 Å². The van der Waals surface area contributed by atoms with Gasteiger partial charge in [-0.25, -0.2) is 0 Å². The number of aryl methyl sites for hydroxylation is 4. The number of fused-ring (bicyclic) bond motifs is 3. The van der Waals surface area contributed by atoms with Gasteiger partial charge < -0.3 is 0 Å². The highest BCUT2D eigenvalue weighted by Gasteiger charge is 2.36. The molecule has 0 N–H and O–H groups in total. The molecule has 1 saturated carbocycles. The molecule has 0 aliphatic heterocycles. The van der Waals surface area contributed by atoms with Crippen molar-refractivity contribution in [2.24, 2.45) is 0 Å². The first-order valence-corrected chi connectivity index (χ1v) is 13.3. The summed E-state index contributed by atoms with van der Waals surface area (Å²) in [5.41, 5.74) is 14.8. The second-order valence-corrected chi connectivity index (χ2v) is 10.8. The topological polar surface area (TPSA) is 0 Å². The Morgan fingerprint density at radius 3 is 2.06 bits per heavy atom. The highest BCUT2D eigenvalue weighted by atomic mass is 14.4. The monoisotopic (exact) mass is 458 g/mol. The fourth-order valence-electron chi connectivity index (χ4n) is 6.43. The van der Waals surface area contributed by atoms with Crippen molar-refractivity contribution in [3.8, 4) is 11.1 Å². The quantitative estimate of drug-likeness (QED) is 0.247. The van der Waals surface area contributed by atoms with Gasteiger partial charge in [0.25, 0.3) is 0 Å². The minimum Gasteiger partial charge on any atom is -0.0620 e. The lowest BCUT2D eigenvalue weighted by Crippen LogP contribution is -2.31. The third-order valence-electron chi connectivity index (χ3n) is 8.27. The molecule has 4 aromatic carbocycles. The Bertz CT molecular complexity index is 1330. The zero-order valence-electron chi connectivity index (χ0n) is 21.8. The van der Waals surface area contributed by atoms with Crippen molar-refractivity contribution in [2.75, 3.05) is 0 Å². The average Bonchev–Trinajstić information content (AvgIpc) is 3.24. The molecule has 0 saturated heterocycles. The van der Waals surface area contributed by atoms with Crippen LogP contribution in [0.5, 0.6) is 0 Å². The number of hydrogen-bond acceptors (Lipinski definition) is 0. The zero-order chi connectivity index (χ0) is 24.4. The summed E-state index contributed by atoms with van der Waals surface area (Å²) in [5, 5.41) is 0. The maximum Gasteiger partial charge on any atom is 0.0205 e. The van der Waals surface area contributed by atoms with E-state index in [9.17, 15) is 0 Å². The molecule has 0 bridgehead atoms. The van der Waals surface area contributed by atoms with Gasteiger partial charge in [-0.05, 0) is 91.5 Å². The molecular formula is C35H38. The summed E-state index contributed by atoms with van der Waals surface area (Å²) in [6, 6.07) is 31.5. The lowest BCUT2D eigenvalue weighted by Gasteiger charge is -2.39. The van der Waals surface area contributed by atoms with Crippen molar-refractivity contribution in [3.05, 3.63) is 129 Å². The predicted molar refractivity (Wildman–Crippen MR) is 150 cm³/mol. The molecule has 0 heterocycles. The van der Waals surface area contributed by atoms with Gasteiger partial charge >= 0.3 is 0 Å². The van der Waals surface area contributed by atoms with Crippen molar-refractivity contribution in [1.82, 2.24) is 0 Å². The highest BCUT2D eigenvalue weighted by Crippen LogP contribution is 2.46. The van der Waals surface area contributed by atoms with E-state index in [0.717, 1.165) is 6.42 Å². The summed E-state index contributed by atoms with van der Waals surface area (Å²) in [4.78, 5) is 0. The van der Waals surface area contributed by atoms with Crippen molar-refractivity contribution >= 4 is 0 Å². The molecule has 35 heavy (non-hydrogen) atoms. The first kappa shape index (κ1) is 23.6. The summed E-state index contributed by atoms with van der Waals surface area (Å²) in [5.74, 6) is 0. The Kier molecular flexibility index (Phi) is 6.65. The SMILES string of the molecule is Cc1ccc2c(c1)Cc1c(C)cccc1-2.Cc1cccc(C2(c3ccccc3C)CCCCC2)c1. The van der Waals surface area contributed by atoms with E-state index >= 15 is 0 Å². The molecule has 178 valence electrons. The van der Waals surface area contributed by atoms with Crippen LogP contribution < -0.4 is 0 Å². The Morgan fingerprint density at radius 2 is 1.29 bits per heavy atom. The van der Waals surface area contributed by atoms with Crippen LogP contribution in [-0.4, -0.2) is 0 Å². The molecule has 6 rings (SSSR count). The van der Waals surface area contributed by atoms with Gasteiger partial charge in [0.1, 0.15) is 0 Å². The molecule has 2 aliphatic rings. The van der Waals surface area contributed by atoms with Gasteiger partial charge in [-0.2, -0.15) is 0 Å². The fraction of sp³-hybridized carbons (Fsp3) is 0.314. The largest absolute Gasteiger partial charge is 0.0620 e. The Morgan fingerprint density at radius 1 is 0.571 bits per heavy atom. The molecule has 0 atom stereocenters. The van der Waals surface area contributed by atoms with E-state index in [1.54, 1.807) is 5.56 Å². The maximum atomic E-state index is 2.40. The molecule has 4 aromatic rings. The van der Waals surface area contributed by atoms with E-state index in [1.807, 2.05) is 0 Å². The molecule has 0 heteroatoms. The molecule has 2 aliphatic carbocycles. The fourth-order valence-corrected chi connectivity index (χ4v) is 6.43. The Balaban J connectivity index is 0.000000151. The second kappa shape index (κ2) is 9.86. The standard InChI is InChI=1S/C20H24.C15H14/c1-16-9-8-11-18(15-16)20(13-6-3-7-14-20)19-12-5-4-10-17(19)2;1-10-6-7-13-12(8-10)9-15-11(2)4-3-5-14(13)15/h4-5,8-12,15H,3,6-7,13-14H2,1-2H3;3-8H,9H2,1-2H3. The third kappa shape index (κ3) is 4.59. The first-order chi connectivity index (χ1) is 17.0. The second-order valence-electron chi connectivity index (χ2n) is 10.8. The number of benzene rings is 4. The van der Waals surface area contributed by atoms with Gasteiger partial charge in [-0.3, -0.25) is 0 Å². The lowest BCUT2D eigenvalue weighted by atomic mass is 9.64. The van der Waals surface area contributed by atoms with E-state index in [1.165, 1.54) is 82.2 Å². The smallest absolute Gasteiger partial charge is 0.0205 e. The van der Waals surface area contributed by atoms with Crippen LogP contribution in [0.1, 0.15) is 76.6 Å². The summed E-state index contributed by atoms with van der Waals surface area (Å²) in [7, 11) is 0. The van der Waals surface area contributed by atoms with Crippen molar-refractivity contribution in [1.29, 1.82) is 0 Å². The van der Waals surface area contributed by atoms with Gasteiger partial charge in [0.15, 0.2) is 0 Å². The molecule has 0 unspecified atom stereocenters. The molecule has 0 spiro atoms. The van der Waals surface area contributed by atoms with E-state index in [0.29, 0.717) is 0 Å². The van der Waals surface area contributed by atoms with Gasteiger partial charge in [0, 0.05) is 5.41 Å². The molecule has 0 radical (unpaired) electrons. The van der Waals surface area contributed by atoms with Crippen LogP contribution in [0.4, 0.5) is 0 Å². The first-order valence-electron chi connectivity index (χ1n) is 13.3. The summed E-state index contributed by atoms with van der Waals surface area (Å²) in [6.45, 7) is 8.84. The zero-order valence-corrected chi connectivity index (χ0v) is 21.8. The summed E-state index contributed by atoms with van der Waals surface area (Å²) < 4.78 is 0. The highest BCUT2D eigenvalue weighted by molar-refractivity contribution is 5.78. The minimum atomic E-state index is 0.246. The van der Waals surface area contributed by atoms with Crippen LogP contribution in [0.2, 0.25) is 0 Å². The molecule has 0 aromatic heterocycles. The minimum absolute atomic E-state index is 0.246. The maximum absolute atomic E-state index is 2.40. The Hall–Kier alpha value is -3.12. The average molecular weight is 459 g/mol. The van der Waals surface area contributed by atoms with Gasteiger partial charge in [-0.15, -0.1) is 0 Å². The number of hydrogen-bond donors (Lipinski definition) is 0. The normalized spacial score (nSPS) is 15.5.